The van der Waals surface area contributed by atoms with E-state index in [4.69, 9.17) is 9.72 Å². The van der Waals surface area contributed by atoms with Crippen LogP contribution in [0.1, 0.15) is 43.6 Å². The molecule has 4 heteroatoms. The maximum absolute atomic E-state index is 5.15. The largest absolute Gasteiger partial charge is 0.385 e. The Kier molecular flexibility index (Phi) is 4.27. The van der Waals surface area contributed by atoms with Gasteiger partial charge in [0.05, 0.1) is 11.2 Å². The Morgan fingerprint density at radius 2 is 2.29 bits per heavy atom. The van der Waals surface area contributed by atoms with E-state index in [9.17, 15) is 0 Å². The van der Waals surface area contributed by atoms with Gasteiger partial charge in [0, 0.05) is 49.6 Å². The van der Waals surface area contributed by atoms with Crippen LogP contribution in [0.4, 0.5) is 0 Å². The van der Waals surface area contributed by atoms with Gasteiger partial charge in [0.25, 0.3) is 0 Å². The summed E-state index contributed by atoms with van der Waals surface area (Å²) in [5.74, 6) is 0. The Morgan fingerprint density at radius 3 is 3.00 bits per heavy atom. The van der Waals surface area contributed by atoms with E-state index in [-0.39, 0.29) is 0 Å². The number of ether oxygens (including phenoxy) is 1. The molecule has 1 fully saturated rings. The van der Waals surface area contributed by atoms with Gasteiger partial charge in [0.1, 0.15) is 0 Å². The van der Waals surface area contributed by atoms with Crippen LogP contribution in [-0.2, 0) is 11.3 Å². The van der Waals surface area contributed by atoms with Crippen molar-refractivity contribution in [2.24, 2.45) is 0 Å². The summed E-state index contributed by atoms with van der Waals surface area (Å²) in [6, 6.07) is 5.44. The first-order valence-corrected chi connectivity index (χ1v) is 7.90. The Hall–Kier alpha value is -1.39. The van der Waals surface area contributed by atoms with Gasteiger partial charge in [-0.1, -0.05) is 0 Å². The van der Waals surface area contributed by atoms with Crippen molar-refractivity contribution in [1.82, 2.24) is 14.9 Å². The summed E-state index contributed by atoms with van der Waals surface area (Å²) in [4.78, 5) is 4.79. The zero-order valence-corrected chi connectivity index (χ0v) is 13.2. The van der Waals surface area contributed by atoms with Crippen LogP contribution in [0.5, 0.6) is 0 Å². The zero-order chi connectivity index (χ0) is 14.8. The standard InChI is InChI=1S/C17H25N3O/c1-12-15-7-9-20(8-4-10-21-3)17(15)11-16(19-12)13(2)18-14-5-6-14/h7,9,11,13-14,18H,4-6,8,10H2,1-3H3. The summed E-state index contributed by atoms with van der Waals surface area (Å²) in [6.07, 6.45) is 5.81. The van der Waals surface area contributed by atoms with Gasteiger partial charge in [0.2, 0.25) is 0 Å². The van der Waals surface area contributed by atoms with Gasteiger partial charge in [0.15, 0.2) is 0 Å². The number of hydrogen-bond acceptors (Lipinski definition) is 3. The van der Waals surface area contributed by atoms with E-state index in [1.807, 2.05) is 0 Å². The van der Waals surface area contributed by atoms with Crippen molar-refractivity contribution in [2.75, 3.05) is 13.7 Å². The second-order valence-electron chi connectivity index (χ2n) is 6.08. The summed E-state index contributed by atoms with van der Waals surface area (Å²) in [6.45, 7) is 6.11. The van der Waals surface area contributed by atoms with Gasteiger partial charge < -0.3 is 14.6 Å². The van der Waals surface area contributed by atoms with E-state index in [1.165, 1.54) is 23.7 Å². The van der Waals surface area contributed by atoms with Crippen molar-refractivity contribution in [3.8, 4) is 0 Å². The monoisotopic (exact) mass is 287 g/mol. The Labute approximate surface area is 126 Å². The molecule has 3 rings (SSSR count). The van der Waals surface area contributed by atoms with Crippen LogP contribution in [0, 0.1) is 6.92 Å². The lowest BCUT2D eigenvalue weighted by Crippen LogP contribution is -2.21. The molecule has 2 heterocycles. The number of aromatic nitrogens is 2. The van der Waals surface area contributed by atoms with Crippen molar-refractivity contribution in [3.05, 3.63) is 29.7 Å². The van der Waals surface area contributed by atoms with Crippen molar-refractivity contribution in [1.29, 1.82) is 0 Å². The first-order chi connectivity index (χ1) is 10.2. The van der Waals surface area contributed by atoms with E-state index in [1.54, 1.807) is 7.11 Å². The van der Waals surface area contributed by atoms with Crippen LogP contribution >= 0.6 is 0 Å². The van der Waals surface area contributed by atoms with Crippen molar-refractivity contribution >= 4 is 10.9 Å². The predicted molar refractivity (Wildman–Crippen MR) is 85.5 cm³/mol. The highest BCUT2D eigenvalue weighted by molar-refractivity contribution is 5.82. The molecular formula is C17H25N3O. The molecule has 1 N–H and O–H groups in total. The van der Waals surface area contributed by atoms with Crippen LogP contribution in [0.3, 0.4) is 0 Å². The molecule has 4 nitrogen and oxygen atoms in total. The number of nitrogens with one attached hydrogen (secondary N) is 1. The van der Waals surface area contributed by atoms with Crippen LogP contribution in [-0.4, -0.2) is 29.3 Å². The third-order valence-electron chi connectivity index (χ3n) is 4.23. The molecule has 0 amide bonds. The molecule has 21 heavy (non-hydrogen) atoms. The fraction of sp³-hybridized carbons (Fsp3) is 0.588. The molecule has 2 aromatic rings. The Morgan fingerprint density at radius 1 is 1.48 bits per heavy atom. The second kappa shape index (κ2) is 6.16. The second-order valence-corrected chi connectivity index (χ2v) is 6.08. The normalized spacial score (nSPS) is 16.5. The average Bonchev–Trinajstić information content (AvgIpc) is 3.18. The summed E-state index contributed by atoms with van der Waals surface area (Å²) in [7, 11) is 1.76. The smallest absolute Gasteiger partial charge is 0.0594 e. The van der Waals surface area contributed by atoms with E-state index in [0.29, 0.717) is 12.1 Å². The third kappa shape index (κ3) is 3.27. The lowest BCUT2D eigenvalue weighted by Gasteiger charge is -2.15. The predicted octanol–water partition coefficient (Wildman–Crippen LogP) is 3.19. The molecule has 1 atom stereocenters. The summed E-state index contributed by atoms with van der Waals surface area (Å²) in [5, 5.41) is 4.89. The van der Waals surface area contributed by atoms with E-state index in [2.05, 4.69) is 42.1 Å². The van der Waals surface area contributed by atoms with Crippen LogP contribution in [0.2, 0.25) is 0 Å². The Bertz CT molecular complexity index is 616. The minimum atomic E-state index is 0.322. The first-order valence-electron chi connectivity index (χ1n) is 7.90. The third-order valence-corrected chi connectivity index (χ3v) is 4.23. The number of nitrogens with zero attached hydrogens (tertiary/aromatic N) is 2. The number of pyridine rings is 1. The number of methoxy groups -OCH3 is 1. The average molecular weight is 287 g/mol. The van der Waals surface area contributed by atoms with Crippen LogP contribution < -0.4 is 5.32 Å². The molecule has 0 spiro atoms. The van der Waals surface area contributed by atoms with Gasteiger partial charge in [-0.15, -0.1) is 0 Å². The van der Waals surface area contributed by atoms with Gasteiger partial charge in [-0.2, -0.15) is 0 Å². The van der Waals surface area contributed by atoms with E-state index in [0.717, 1.165) is 31.0 Å². The molecule has 0 bridgehead atoms. The number of hydrogen-bond donors (Lipinski definition) is 1. The number of fused-ring (bicyclic) bond motifs is 1. The summed E-state index contributed by atoms with van der Waals surface area (Å²) < 4.78 is 7.47. The minimum Gasteiger partial charge on any atom is -0.385 e. The van der Waals surface area contributed by atoms with Gasteiger partial charge >= 0.3 is 0 Å². The highest BCUT2D eigenvalue weighted by Gasteiger charge is 2.24. The first kappa shape index (κ1) is 14.5. The van der Waals surface area contributed by atoms with Gasteiger partial charge in [-0.05, 0) is 45.2 Å². The maximum Gasteiger partial charge on any atom is 0.0594 e. The molecule has 0 radical (unpaired) electrons. The topological polar surface area (TPSA) is 39.1 Å². The van der Waals surface area contributed by atoms with Gasteiger partial charge in [-0.25, -0.2) is 0 Å². The molecular weight excluding hydrogens is 262 g/mol. The lowest BCUT2D eigenvalue weighted by atomic mass is 10.1. The molecule has 2 aromatic heterocycles. The van der Waals surface area contributed by atoms with Crippen molar-refractivity contribution in [3.63, 3.8) is 0 Å². The van der Waals surface area contributed by atoms with Gasteiger partial charge in [-0.3, -0.25) is 4.98 Å². The zero-order valence-electron chi connectivity index (χ0n) is 13.2. The molecule has 1 aliphatic carbocycles. The minimum absolute atomic E-state index is 0.322. The number of aryl methyl sites for hydroxylation is 2. The highest BCUT2D eigenvalue weighted by Crippen LogP contribution is 2.26. The van der Waals surface area contributed by atoms with Crippen molar-refractivity contribution in [2.45, 2.75) is 51.7 Å². The number of rotatable bonds is 7. The maximum atomic E-state index is 5.15. The lowest BCUT2D eigenvalue weighted by molar-refractivity contribution is 0.190. The summed E-state index contributed by atoms with van der Waals surface area (Å²) >= 11 is 0. The highest BCUT2D eigenvalue weighted by atomic mass is 16.5. The molecule has 0 saturated heterocycles. The van der Waals surface area contributed by atoms with Crippen LogP contribution in [0.15, 0.2) is 18.3 Å². The van der Waals surface area contributed by atoms with E-state index >= 15 is 0 Å². The fourth-order valence-electron chi connectivity index (χ4n) is 2.86. The molecule has 1 unspecified atom stereocenters. The molecule has 0 aromatic carbocycles. The van der Waals surface area contributed by atoms with E-state index < -0.39 is 0 Å². The van der Waals surface area contributed by atoms with Crippen LogP contribution in [0.25, 0.3) is 10.9 Å². The molecule has 114 valence electrons. The SMILES string of the molecule is COCCCn1ccc2c(C)nc(C(C)NC3CC3)cc21. The molecule has 1 aliphatic rings. The molecule has 1 saturated carbocycles. The molecule has 0 aliphatic heterocycles. The fourth-order valence-corrected chi connectivity index (χ4v) is 2.86. The summed E-state index contributed by atoms with van der Waals surface area (Å²) in [5.41, 5.74) is 3.56. The van der Waals surface area contributed by atoms with Crippen molar-refractivity contribution < 1.29 is 4.74 Å². The quantitative estimate of drug-likeness (QED) is 0.795. The Balaban J connectivity index is 1.86.